The van der Waals surface area contributed by atoms with Gasteiger partial charge in [-0.1, -0.05) is 20.3 Å². The van der Waals surface area contributed by atoms with Crippen LogP contribution in [0.5, 0.6) is 0 Å². The largest absolute Gasteiger partial charge is 0.432 e. The van der Waals surface area contributed by atoms with Crippen LogP contribution in [0, 0.1) is 0 Å². The van der Waals surface area contributed by atoms with Gasteiger partial charge in [0.1, 0.15) is 5.76 Å². The lowest BCUT2D eigenvalue weighted by atomic mass is 10.1. The molecule has 2 nitrogen and oxygen atoms in total. The van der Waals surface area contributed by atoms with Crippen LogP contribution in [0.1, 0.15) is 53.4 Å². The van der Waals surface area contributed by atoms with Gasteiger partial charge in [-0.25, -0.2) is 0 Å². The molecule has 0 rings (SSSR count). The zero-order valence-corrected chi connectivity index (χ0v) is 9.14. The molecule has 0 atom stereocenters. The molecule has 0 unspecified atom stereocenters. The van der Waals surface area contributed by atoms with Crippen molar-refractivity contribution in [3.05, 3.63) is 11.3 Å². The van der Waals surface area contributed by atoms with Crippen LogP contribution in [0.4, 0.5) is 0 Å². The molecule has 0 bridgehead atoms. The van der Waals surface area contributed by atoms with Crippen LogP contribution in [0.15, 0.2) is 11.3 Å². The lowest BCUT2D eigenvalue weighted by molar-refractivity contribution is -0.136. The van der Waals surface area contributed by atoms with Gasteiger partial charge in [-0.05, 0) is 31.8 Å². The second kappa shape index (κ2) is 6.70. The second-order valence-electron chi connectivity index (χ2n) is 3.21. The van der Waals surface area contributed by atoms with Crippen LogP contribution >= 0.6 is 0 Å². The van der Waals surface area contributed by atoms with Gasteiger partial charge in [0.05, 0.1) is 0 Å². The third-order valence-electron chi connectivity index (χ3n) is 2.05. The van der Waals surface area contributed by atoms with Crippen LogP contribution in [0.25, 0.3) is 0 Å². The molecule has 0 amide bonds. The summed E-state index contributed by atoms with van der Waals surface area (Å²) in [6.07, 6.45) is 4.36. The number of hydrogen-bond donors (Lipinski definition) is 0. The van der Waals surface area contributed by atoms with Crippen molar-refractivity contribution >= 4 is 5.97 Å². The van der Waals surface area contributed by atoms with E-state index in [1.165, 1.54) is 25.3 Å². The molecular formula is C11H20O2. The molecular weight excluding hydrogens is 164 g/mol. The van der Waals surface area contributed by atoms with Gasteiger partial charge in [0, 0.05) is 6.92 Å². The highest BCUT2D eigenvalue weighted by Crippen LogP contribution is 2.16. The minimum atomic E-state index is -0.222. The van der Waals surface area contributed by atoms with E-state index < -0.39 is 0 Å². The van der Waals surface area contributed by atoms with Crippen molar-refractivity contribution in [2.45, 2.75) is 53.4 Å². The fourth-order valence-electron chi connectivity index (χ4n) is 1.28. The third kappa shape index (κ3) is 5.45. The first-order valence-corrected chi connectivity index (χ1v) is 4.98. The van der Waals surface area contributed by atoms with E-state index in [9.17, 15) is 4.79 Å². The molecule has 0 saturated carbocycles. The van der Waals surface area contributed by atoms with Crippen molar-refractivity contribution in [3.8, 4) is 0 Å². The van der Waals surface area contributed by atoms with E-state index in [1.807, 2.05) is 6.92 Å². The molecule has 0 aromatic heterocycles. The third-order valence-corrected chi connectivity index (χ3v) is 2.05. The monoisotopic (exact) mass is 184 g/mol. The molecule has 2 heteroatoms. The lowest BCUT2D eigenvalue weighted by Crippen LogP contribution is -1.99. The summed E-state index contributed by atoms with van der Waals surface area (Å²) in [7, 11) is 0. The molecule has 0 aliphatic carbocycles. The standard InChI is InChI=1S/C11H20O2/c1-5-7-8-11(6-2)9(3)13-10(4)12/h5-8H2,1-4H3/b11-9+. The molecule has 0 heterocycles. The Bertz CT molecular complexity index is 192. The van der Waals surface area contributed by atoms with E-state index in [2.05, 4.69) is 13.8 Å². The van der Waals surface area contributed by atoms with Gasteiger partial charge in [-0.15, -0.1) is 0 Å². The molecule has 0 aliphatic rings. The Morgan fingerprint density at radius 3 is 2.23 bits per heavy atom. The molecule has 0 aromatic rings. The van der Waals surface area contributed by atoms with E-state index in [-0.39, 0.29) is 5.97 Å². The fraction of sp³-hybridized carbons (Fsp3) is 0.727. The highest BCUT2D eigenvalue weighted by Gasteiger charge is 2.03. The summed E-state index contributed by atoms with van der Waals surface area (Å²) < 4.78 is 5.04. The van der Waals surface area contributed by atoms with Crippen molar-refractivity contribution in [2.75, 3.05) is 0 Å². The molecule has 0 saturated heterocycles. The maximum atomic E-state index is 10.7. The normalized spacial score (nSPS) is 12.3. The van der Waals surface area contributed by atoms with E-state index in [4.69, 9.17) is 4.74 Å². The van der Waals surface area contributed by atoms with Gasteiger partial charge in [-0.3, -0.25) is 4.79 Å². The first kappa shape index (κ1) is 12.2. The highest BCUT2D eigenvalue weighted by atomic mass is 16.5. The van der Waals surface area contributed by atoms with Gasteiger partial charge >= 0.3 is 5.97 Å². The summed E-state index contributed by atoms with van der Waals surface area (Å²) >= 11 is 0. The Morgan fingerprint density at radius 1 is 1.23 bits per heavy atom. The highest BCUT2D eigenvalue weighted by molar-refractivity contribution is 5.67. The van der Waals surface area contributed by atoms with Crippen LogP contribution in [0.2, 0.25) is 0 Å². The molecule has 0 fully saturated rings. The van der Waals surface area contributed by atoms with Gasteiger partial charge in [0.15, 0.2) is 0 Å². The van der Waals surface area contributed by atoms with Crippen molar-refractivity contribution < 1.29 is 9.53 Å². The van der Waals surface area contributed by atoms with Crippen LogP contribution in [-0.4, -0.2) is 5.97 Å². The van der Waals surface area contributed by atoms with Crippen molar-refractivity contribution in [1.29, 1.82) is 0 Å². The Morgan fingerprint density at radius 2 is 1.85 bits per heavy atom. The van der Waals surface area contributed by atoms with Gasteiger partial charge in [0.25, 0.3) is 0 Å². The SMILES string of the molecule is CCCC/C(CC)=C(\C)OC(C)=O. The van der Waals surface area contributed by atoms with Gasteiger partial charge in [-0.2, -0.15) is 0 Å². The molecule has 0 N–H and O–H groups in total. The maximum absolute atomic E-state index is 10.7. The Kier molecular flexibility index (Phi) is 6.29. The fourth-order valence-corrected chi connectivity index (χ4v) is 1.28. The number of carbonyl (C=O) groups excluding carboxylic acids is 1. The molecule has 13 heavy (non-hydrogen) atoms. The van der Waals surface area contributed by atoms with Crippen LogP contribution in [0.3, 0.4) is 0 Å². The van der Waals surface area contributed by atoms with E-state index >= 15 is 0 Å². The molecule has 76 valence electrons. The van der Waals surface area contributed by atoms with E-state index in [0.29, 0.717) is 0 Å². The summed E-state index contributed by atoms with van der Waals surface area (Å²) in [5, 5.41) is 0. The lowest BCUT2D eigenvalue weighted by Gasteiger charge is -2.08. The summed E-state index contributed by atoms with van der Waals surface area (Å²) in [5.74, 6) is 0.573. The van der Waals surface area contributed by atoms with E-state index in [1.54, 1.807) is 0 Å². The molecule has 0 aliphatic heterocycles. The van der Waals surface area contributed by atoms with Crippen molar-refractivity contribution in [2.24, 2.45) is 0 Å². The average Bonchev–Trinajstić information content (AvgIpc) is 2.04. The van der Waals surface area contributed by atoms with Gasteiger partial charge < -0.3 is 4.74 Å². The summed E-state index contributed by atoms with van der Waals surface area (Å²) in [5.41, 5.74) is 1.26. The Hall–Kier alpha value is -0.790. The first-order valence-electron chi connectivity index (χ1n) is 4.98. The number of esters is 1. The molecule has 0 radical (unpaired) electrons. The molecule has 0 aromatic carbocycles. The predicted molar refractivity (Wildman–Crippen MR) is 54.3 cm³/mol. The number of rotatable bonds is 5. The smallest absolute Gasteiger partial charge is 0.307 e. The van der Waals surface area contributed by atoms with Gasteiger partial charge in [0.2, 0.25) is 0 Å². The Labute approximate surface area is 81.0 Å². The Balaban J connectivity index is 4.21. The van der Waals surface area contributed by atoms with Crippen molar-refractivity contribution in [3.63, 3.8) is 0 Å². The zero-order valence-electron chi connectivity index (χ0n) is 9.14. The van der Waals surface area contributed by atoms with Crippen LogP contribution in [-0.2, 0) is 9.53 Å². The quantitative estimate of drug-likeness (QED) is 0.483. The van der Waals surface area contributed by atoms with Crippen molar-refractivity contribution in [1.82, 2.24) is 0 Å². The number of carbonyl (C=O) groups is 1. The summed E-state index contributed by atoms with van der Waals surface area (Å²) in [4.78, 5) is 10.7. The topological polar surface area (TPSA) is 26.3 Å². The van der Waals surface area contributed by atoms with E-state index in [0.717, 1.165) is 18.6 Å². The first-order chi connectivity index (χ1) is 6.11. The van der Waals surface area contributed by atoms with Crippen LogP contribution < -0.4 is 0 Å². The summed E-state index contributed by atoms with van der Waals surface area (Å²) in [6, 6.07) is 0. The minimum absolute atomic E-state index is 0.222. The number of hydrogen-bond acceptors (Lipinski definition) is 2. The predicted octanol–water partition coefficient (Wildman–Crippen LogP) is 3.42. The number of unbranched alkanes of at least 4 members (excludes halogenated alkanes) is 1. The number of allylic oxidation sites excluding steroid dienone is 2. The summed E-state index contributed by atoms with van der Waals surface area (Å²) in [6.45, 7) is 7.57. The number of ether oxygens (including phenoxy) is 1. The minimum Gasteiger partial charge on any atom is -0.432 e. The second-order valence-corrected chi connectivity index (χ2v) is 3.21. The zero-order chi connectivity index (χ0) is 10.3. The molecule has 0 spiro atoms. The average molecular weight is 184 g/mol. The maximum Gasteiger partial charge on any atom is 0.307 e.